The summed E-state index contributed by atoms with van der Waals surface area (Å²) in [6, 6.07) is 12.5. The van der Waals surface area contributed by atoms with E-state index in [0.29, 0.717) is 0 Å². The van der Waals surface area contributed by atoms with E-state index in [9.17, 15) is 0 Å². The number of rotatable bonds is 3. The molecule has 0 amide bonds. The Morgan fingerprint density at radius 1 is 1.19 bits per heavy atom. The van der Waals surface area contributed by atoms with Crippen LogP contribution in [0.5, 0.6) is 0 Å². The predicted molar refractivity (Wildman–Crippen MR) is 70.4 cm³/mol. The van der Waals surface area contributed by atoms with Gasteiger partial charge < -0.3 is 5.32 Å². The van der Waals surface area contributed by atoms with E-state index in [2.05, 4.69) is 57.4 Å². The molecule has 1 unspecified atom stereocenters. The highest BCUT2D eigenvalue weighted by Crippen LogP contribution is 2.20. The lowest BCUT2D eigenvalue weighted by atomic mass is 10.1. The minimum Gasteiger partial charge on any atom is -0.377 e. The lowest BCUT2D eigenvalue weighted by Gasteiger charge is -2.15. The Balaban J connectivity index is 2.09. The number of hydrogen-bond donors (Lipinski definition) is 1. The minimum absolute atomic E-state index is 0.275. The molecule has 0 aliphatic carbocycles. The van der Waals surface area contributed by atoms with E-state index in [0.717, 1.165) is 10.2 Å². The zero-order valence-electron chi connectivity index (χ0n) is 9.02. The quantitative estimate of drug-likeness (QED) is 0.916. The maximum atomic E-state index is 4.08. The number of pyridine rings is 1. The summed E-state index contributed by atoms with van der Waals surface area (Å²) < 4.78 is 1.10. The van der Waals surface area contributed by atoms with Crippen LogP contribution in [0.15, 0.2) is 53.3 Å². The van der Waals surface area contributed by atoms with Crippen LogP contribution in [0.1, 0.15) is 18.5 Å². The van der Waals surface area contributed by atoms with Gasteiger partial charge in [0.25, 0.3) is 0 Å². The first-order chi connectivity index (χ1) is 7.75. The number of nitrogens with zero attached hydrogens (tertiary/aromatic N) is 1. The summed E-state index contributed by atoms with van der Waals surface area (Å²) in [7, 11) is 0. The monoisotopic (exact) mass is 276 g/mol. The van der Waals surface area contributed by atoms with E-state index in [1.165, 1.54) is 5.56 Å². The van der Waals surface area contributed by atoms with Crippen molar-refractivity contribution >= 4 is 21.6 Å². The number of anilines is 1. The van der Waals surface area contributed by atoms with Crippen molar-refractivity contribution in [2.75, 3.05) is 5.32 Å². The largest absolute Gasteiger partial charge is 0.377 e. The Bertz CT molecular complexity index is 439. The number of nitrogens with one attached hydrogen (secondary N) is 1. The lowest BCUT2D eigenvalue weighted by molar-refractivity contribution is 0.882. The Kier molecular flexibility index (Phi) is 3.57. The van der Waals surface area contributed by atoms with Gasteiger partial charge in [-0.05, 0) is 36.8 Å². The lowest BCUT2D eigenvalue weighted by Crippen LogP contribution is -2.06. The third-order valence-electron chi connectivity index (χ3n) is 2.41. The smallest absolute Gasteiger partial charge is 0.0531 e. The van der Waals surface area contributed by atoms with Crippen LogP contribution < -0.4 is 5.32 Å². The van der Waals surface area contributed by atoms with Gasteiger partial charge in [-0.25, -0.2) is 0 Å². The Labute approximate surface area is 104 Å². The van der Waals surface area contributed by atoms with Crippen molar-refractivity contribution in [1.82, 2.24) is 4.98 Å². The van der Waals surface area contributed by atoms with E-state index in [-0.39, 0.29) is 6.04 Å². The molecule has 1 aromatic heterocycles. The first-order valence-electron chi connectivity index (χ1n) is 5.18. The molecule has 82 valence electrons. The van der Waals surface area contributed by atoms with Crippen LogP contribution in [0, 0.1) is 0 Å². The van der Waals surface area contributed by atoms with Gasteiger partial charge in [-0.1, -0.05) is 28.1 Å². The summed E-state index contributed by atoms with van der Waals surface area (Å²) in [6.07, 6.45) is 3.60. The predicted octanol–water partition coefficient (Wildman–Crippen LogP) is 4.02. The summed E-state index contributed by atoms with van der Waals surface area (Å²) in [5.74, 6) is 0. The van der Waals surface area contributed by atoms with Crippen molar-refractivity contribution in [2.24, 2.45) is 0 Å². The number of hydrogen-bond acceptors (Lipinski definition) is 2. The summed E-state index contributed by atoms with van der Waals surface area (Å²) in [6.45, 7) is 2.14. The average molecular weight is 277 g/mol. The fourth-order valence-corrected chi connectivity index (χ4v) is 1.80. The van der Waals surface area contributed by atoms with Gasteiger partial charge >= 0.3 is 0 Å². The summed E-state index contributed by atoms with van der Waals surface area (Å²) in [5.41, 5.74) is 2.30. The molecule has 0 radical (unpaired) electrons. The maximum Gasteiger partial charge on any atom is 0.0531 e. The van der Waals surface area contributed by atoms with Crippen molar-refractivity contribution in [3.63, 3.8) is 0 Å². The van der Waals surface area contributed by atoms with Gasteiger partial charge in [0.15, 0.2) is 0 Å². The molecule has 0 aliphatic rings. The zero-order chi connectivity index (χ0) is 11.4. The Hall–Kier alpha value is -1.35. The average Bonchev–Trinajstić information content (AvgIpc) is 2.31. The second-order valence-corrected chi connectivity index (χ2v) is 4.57. The van der Waals surface area contributed by atoms with E-state index >= 15 is 0 Å². The molecule has 0 saturated heterocycles. The summed E-state index contributed by atoms with van der Waals surface area (Å²) in [4.78, 5) is 4.08. The van der Waals surface area contributed by atoms with E-state index in [4.69, 9.17) is 0 Å². The van der Waals surface area contributed by atoms with Crippen LogP contribution in [-0.4, -0.2) is 4.98 Å². The molecule has 1 atom stereocenters. The normalized spacial score (nSPS) is 12.1. The third kappa shape index (κ3) is 2.83. The van der Waals surface area contributed by atoms with Gasteiger partial charge in [0.2, 0.25) is 0 Å². The number of halogens is 1. The van der Waals surface area contributed by atoms with Gasteiger partial charge in [0.05, 0.1) is 5.69 Å². The van der Waals surface area contributed by atoms with Crippen molar-refractivity contribution in [2.45, 2.75) is 13.0 Å². The van der Waals surface area contributed by atoms with Crippen LogP contribution in [-0.2, 0) is 0 Å². The first kappa shape index (κ1) is 11.1. The Morgan fingerprint density at radius 3 is 2.56 bits per heavy atom. The fraction of sp³-hybridized carbons (Fsp3) is 0.154. The molecule has 2 rings (SSSR count). The molecule has 1 N–H and O–H groups in total. The van der Waals surface area contributed by atoms with Crippen molar-refractivity contribution in [3.05, 3.63) is 58.8 Å². The molecule has 1 aromatic carbocycles. The van der Waals surface area contributed by atoms with Crippen LogP contribution in [0.3, 0.4) is 0 Å². The molecule has 0 saturated carbocycles. The molecule has 3 heteroatoms. The van der Waals surface area contributed by atoms with Crippen LogP contribution in [0.2, 0.25) is 0 Å². The minimum atomic E-state index is 0.275. The van der Waals surface area contributed by atoms with Crippen molar-refractivity contribution in [3.8, 4) is 0 Å². The van der Waals surface area contributed by atoms with Gasteiger partial charge in [0.1, 0.15) is 0 Å². The highest BCUT2D eigenvalue weighted by atomic mass is 79.9. The van der Waals surface area contributed by atoms with Gasteiger partial charge in [-0.3, -0.25) is 4.98 Å². The molecule has 2 nitrogen and oxygen atoms in total. The molecule has 16 heavy (non-hydrogen) atoms. The number of aromatic nitrogens is 1. The topological polar surface area (TPSA) is 24.9 Å². The molecule has 2 aromatic rings. The van der Waals surface area contributed by atoms with Crippen molar-refractivity contribution in [1.29, 1.82) is 0 Å². The van der Waals surface area contributed by atoms with E-state index in [1.54, 1.807) is 6.20 Å². The highest BCUT2D eigenvalue weighted by Gasteiger charge is 2.04. The number of benzene rings is 1. The third-order valence-corrected chi connectivity index (χ3v) is 2.94. The standard InChI is InChI=1S/C13H13BrN2/c1-10(11-4-6-12(14)7-5-11)16-13-3-2-8-15-9-13/h2-10,16H,1H3. The zero-order valence-corrected chi connectivity index (χ0v) is 10.6. The second kappa shape index (κ2) is 5.12. The van der Waals surface area contributed by atoms with Gasteiger partial charge in [-0.15, -0.1) is 0 Å². The van der Waals surface area contributed by atoms with E-state index in [1.807, 2.05) is 18.3 Å². The molecule has 1 heterocycles. The Morgan fingerprint density at radius 2 is 1.94 bits per heavy atom. The molecule has 0 spiro atoms. The van der Waals surface area contributed by atoms with Crippen molar-refractivity contribution < 1.29 is 0 Å². The first-order valence-corrected chi connectivity index (χ1v) is 5.97. The highest BCUT2D eigenvalue weighted by molar-refractivity contribution is 9.10. The summed E-state index contributed by atoms with van der Waals surface area (Å²) in [5, 5.41) is 3.40. The van der Waals surface area contributed by atoms with E-state index < -0.39 is 0 Å². The fourth-order valence-electron chi connectivity index (χ4n) is 1.53. The SMILES string of the molecule is CC(Nc1cccnc1)c1ccc(Br)cc1. The molecule has 0 bridgehead atoms. The maximum absolute atomic E-state index is 4.08. The van der Waals surface area contributed by atoms with Crippen LogP contribution in [0.25, 0.3) is 0 Å². The molecule has 0 aliphatic heterocycles. The molecular weight excluding hydrogens is 264 g/mol. The van der Waals surface area contributed by atoms with Gasteiger partial charge in [-0.2, -0.15) is 0 Å². The van der Waals surface area contributed by atoms with Crippen LogP contribution in [0.4, 0.5) is 5.69 Å². The molecular formula is C13H13BrN2. The van der Waals surface area contributed by atoms with Gasteiger partial charge in [0, 0.05) is 22.9 Å². The summed E-state index contributed by atoms with van der Waals surface area (Å²) >= 11 is 3.43. The van der Waals surface area contributed by atoms with Crippen LogP contribution >= 0.6 is 15.9 Å². The molecule has 0 fully saturated rings. The second-order valence-electron chi connectivity index (χ2n) is 3.66.